The van der Waals surface area contributed by atoms with Crippen LogP contribution in [0, 0.1) is 0 Å². The number of aryl methyl sites for hydroxylation is 1. The van der Waals surface area contributed by atoms with E-state index in [9.17, 15) is 4.79 Å². The fourth-order valence-corrected chi connectivity index (χ4v) is 3.37. The van der Waals surface area contributed by atoms with Crippen molar-refractivity contribution in [3.63, 3.8) is 0 Å². The molecule has 2 N–H and O–H groups in total. The van der Waals surface area contributed by atoms with Gasteiger partial charge in [0.1, 0.15) is 5.82 Å². The largest absolute Gasteiger partial charge is 0.396 e. The van der Waals surface area contributed by atoms with E-state index in [1.165, 1.54) is 6.42 Å². The van der Waals surface area contributed by atoms with Crippen LogP contribution in [0.15, 0.2) is 36.8 Å². The average molecular weight is 357 g/mol. The predicted octanol–water partition coefficient (Wildman–Crippen LogP) is 2.16. The van der Waals surface area contributed by atoms with E-state index in [4.69, 9.17) is 5.11 Å². The van der Waals surface area contributed by atoms with Gasteiger partial charge in [-0.25, -0.2) is 4.98 Å². The Balaban J connectivity index is 1.60. The number of rotatable bonds is 8. The molecule has 1 aliphatic rings. The number of carbonyl (C=O) groups is 1. The Bertz CT molecular complexity index is 672. The number of aromatic nitrogens is 3. The molecular weight excluding hydrogens is 330 g/mol. The van der Waals surface area contributed by atoms with E-state index in [0.717, 1.165) is 38.2 Å². The number of anilines is 1. The molecule has 1 amide bonds. The molecule has 0 radical (unpaired) electrons. The van der Waals surface area contributed by atoms with Gasteiger partial charge in [-0.1, -0.05) is 0 Å². The zero-order chi connectivity index (χ0) is 18.2. The van der Waals surface area contributed by atoms with Gasteiger partial charge in [-0.3, -0.25) is 9.48 Å². The molecule has 0 unspecified atom stereocenters. The number of aliphatic hydroxyl groups is 1. The van der Waals surface area contributed by atoms with Crippen LogP contribution in [0.5, 0.6) is 0 Å². The normalized spacial score (nSPS) is 17.3. The van der Waals surface area contributed by atoms with Crippen LogP contribution < -0.4 is 5.32 Å². The monoisotopic (exact) mass is 357 g/mol. The summed E-state index contributed by atoms with van der Waals surface area (Å²) in [6, 6.07) is 5.83. The van der Waals surface area contributed by atoms with Gasteiger partial charge in [0, 0.05) is 50.9 Å². The highest BCUT2D eigenvalue weighted by Crippen LogP contribution is 2.22. The first kappa shape index (κ1) is 18.4. The molecule has 0 bridgehead atoms. The van der Waals surface area contributed by atoms with Gasteiger partial charge in [-0.05, 0) is 50.3 Å². The summed E-state index contributed by atoms with van der Waals surface area (Å²) in [5, 5.41) is 16.2. The number of aliphatic hydroxyl groups excluding tert-OH is 1. The third-order valence-electron chi connectivity index (χ3n) is 4.79. The summed E-state index contributed by atoms with van der Waals surface area (Å²) >= 11 is 0. The van der Waals surface area contributed by atoms with Crippen LogP contribution in [-0.2, 0) is 6.54 Å². The highest BCUT2D eigenvalue weighted by Gasteiger charge is 2.27. The van der Waals surface area contributed by atoms with Crippen molar-refractivity contribution in [2.24, 2.45) is 0 Å². The Labute approximate surface area is 154 Å². The highest BCUT2D eigenvalue weighted by molar-refractivity contribution is 5.94. The first-order valence-electron chi connectivity index (χ1n) is 9.37. The van der Waals surface area contributed by atoms with E-state index in [1.54, 1.807) is 12.4 Å². The Morgan fingerprint density at radius 1 is 1.35 bits per heavy atom. The van der Waals surface area contributed by atoms with Crippen LogP contribution in [0.1, 0.15) is 42.5 Å². The summed E-state index contributed by atoms with van der Waals surface area (Å²) in [4.78, 5) is 19.3. The maximum atomic E-state index is 13.0. The van der Waals surface area contributed by atoms with Crippen molar-refractivity contribution in [1.82, 2.24) is 19.7 Å². The number of carbonyl (C=O) groups excluding carboxylic acids is 1. The lowest BCUT2D eigenvalue weighted by atomic mass is 9.98. The van der Waals surface area contributed by atoms with Gasteiger partial charge in [-0.15, -0.1) is 0 Å². The van der Waals surface area contributed by atoms with Gasteiger partial charge in [0.15, 0.2) is 0 Å². The molecule has 1 fully saturated rings. The summed E-state index contributed by atoms with van der Waals surface area (Å²) in [7, 11) is 0. The smallest absolute Gasteiger partial charge is 0.255 e. The van der Waals surface area contributed by atoms with Gasteiger partial charge in [0.2, 0.25) is 0 Å². The number of piperidine rings is 1. The molecule has 0 spiro atoms. The molecule has 2 aromatic heterocycles. The van der Waals surface area contributed by atoms with Crippen molar-refractivity contribution in [3.8, 4) is 0 Å². The minimum atomic E-state index is 0.0598. The number of nitrogens with one attached hydrogen (secondary N) is 1. The molecular formula is C19H27N5O2. The van der Waals surface area contributed by atoms with Gasteiger partial charge in [0.05, 0.1) is 5.56 Å². The zero-order valence-corrected chi connectivity index (χ0v) is 15.0. The summed E-state index contributed by atoms with van der Waals surface area (Å²) in [6.07, 6.45) is 10.2. The Morgan fingerprint density at radius 3 is 3.00 bits per heavy atom. The fourth-order valence-electron chi connectivity index (χ4n) is 3.37. The van der Waals surface area contributed by atoms with E-state index >= 15 is 0 Å². The Morgan fingerprint density at radius 2 is 2.27 bits per heavy atom. The van der Waals surface area contributed by atoms with Gasteiger partial charge in [-0.2, -0.15) is 5.10 Å². The number of nitrogens with zero attached hydrogens (tertiary/aromatic N) is 4. The first-order valence-corrected chi connectivity index (χ1v) is 9.37. The molecule has 140 valence electrons. The summed E-state index contributed by atoms with van der Waals surface area (Å²) in [5.74, 6) is 0.786. The number of likely N-dealkylation sites (tertiary alicyclic amines) is 1. The quantitative estimate of drug-likeness (QED) is 0.708. The van der Waals surface area contributed by atoms with Crippen LogP contribution in [0.4, 0.5) is 5.82 Å². The zero-order valence-electron chi connectivity index (χ0n) is 15.0. The number of pyridine rings is 1. The summed E-state index contributed by atoms with van der Waals surface area (Å²) in [5.41, 5.74) is 0.628. The molecule has 0 saturated carbocycles. The average Bonchev–Trinajstić information content (AvgIpc) is 3.20. The van der Waals surface area contributed by atoms with Crippen LogP contribution in [0.25, 0.3) is 0 Å². The SMILES string of the molecule is O=C(c1ccc(NCCCO)nc1)N1CCCC[C@@H]1CCn1cccn1. The standard InChI is InChI=1S/C19H27N5O2/c25-14-4-9-20-18-7-6-16(15-21-18)19(26)24-12-2-1-5-17(24)8-13-23-11-3-10-22-23/h3,6-7,10-11,15,17,25H,1-2,4-5,8-9,12-14H2,(H,20,21)/t17-/m1/s1. The second kappa shape index (κ2) is 9.33. The molecule has 1 aliphatic heterocycles. The topological polar surface area (TPSA) is 83.3 Å². The number of hydrogen-bond acceptors (Lipinski definition) is 5. The van der Waals surface area contributed by atoms with Crippen LogP contribution >= 0.6 is 0 Å². The lowest BCUT2D eigenvalue weighted by molar-refractivity contribution is 0.0593. The van der Waals surface area contributed by atoms with Crippen LogP contribution in [-0.4, -0.2) is 56.4 Å². The minimum Gasteiger partial charge on any atom is -0.396 e. The lowest BCUT2D eigenvalue weighted by Gasteiger charge is -2.36. The van der Waals surface area contributed by atoms with Gasteiger partial charge < -0.3 is 15.3 Å². The molecule has 1 saturated heterocycles. The first-order chi connectivity index (χ1) is 12.8. The van der Waals surface area contributed by atoms with Crippen LogP contribution in [0.3, 0.4) is 0 Å². The highest BCUT2D eigenvalue weighted by atomic mass is 16.3. The third kappa shape index (κ3) is 4.82. The van der Waals surface area contributed by atoms with E-state index < -0.39 is 0 Å². The summed E-state index contributed by atoms with van der Waals surface area (Å²) < 4.78 is 1.92. The second-order valence-corrected chi connectivity index (χ2v) is 6.64. The van der Waals surface area contributed by atoms with E-state index in [-0.39, 0.29) is 18.6 Å². The van der Waals surface area contributed by atoms with Crippen molar-refractivity contribution in [1.29, 1.82) is 0 Å². The second-order valence-electron chi connectivity index (χ2n) is 6.64. The lowest BCUT2D eigenvalue weighted by Crippen LogP contribution is -2.44. The van der Waals surface area contributed by atoms with E-state index in [2.05, 4.69) is 15.4 Å². The van der Waals surface area contributed by atoms with Crippen molar-refractivity contribution >= 4 is 11.7 Å². The molecule has 7 nitrogen and oxygen atoms in total. The molecule has 0 aliphatic carbocycles. The maximum absolute atomic E-state index is 13.0. The van der Waals surface area contributed by atoms with Crippen molar-refractivity contribution in [2.75, 3.05) is 25.0 Å². The Hall–Kier alpha value is -2.41. The molecule has 1 atom stereocenters. The van der Waals surface area contributed by atoms with E-state index in [1.807, 2.05) is 34.0 Å². The van der Waals surface area contributed by atoms with Crippen molar-refractivity contribution in [2.45, 2.75) is 44.7 Å². The number of amides is 1. The van der Waals surface area contributed by atoms with Gasteiger partial charge in [0.25, 0.3) is 5.91 Å². The summed E-state index contributed by atoms with van der Waals surface area (Å²) in [6.45, 7) is 2.45. The van der Waals surface area contributed by atoms with E-state index in [0.29, 0.717) is 18.5 Å². The molecule has 3 rings (SSSR count). The fraction of sp³-hybridized carbons (Fsp3) is 0.526. The third-order valence-corrected chi connectivity index (χ3v) is 4.79. The van der Waals surface area contributed by atoms with Crippen molar-refractivity contribution in [3.05, 3.63) is 42.4 Å². The molecule has 7 heteroatoms. The maximum Gasteiger partial charge on any atom is 0.255 e. The molecule has 26 heavy (non-hydrogen) atoms. The molecule has 0 aromatic carbocycles. The Kier molecular flexibility index (Phi) is 6.60. The van der Waals surface area contributed by atoms with Crippen molar-refractivity contribution < 1.29 is 9.90 Å². The number of hydrogen-bond donors (Lipinski definition) is 2. The molecule has 3 heterocycles. The van der Waals surface area contributed by atoms with Crippen LogP contribution in [0.2, 0.25) is 0 Å². The van der Waals surface area contributed by atoms with Gasteiger partial charge >= 0.3 is 0 Å². The predicted molar refractivity (Wildman–Crippen MR) is 99.9 cm³/mol. The minimum absolute atomic E-state index is 0.0598. The molecule has 2 aromatic rings.